The third-order valence-electron chi connectivity index (χ3n) is 11.1. The molecule has 9 rings (SSSR count). The molecule has 0 atom stereocenters. The first-order valence-corrected chi connectivity index (χ1v) is 18.3. The predicted molar refractivity (Wildman–Crippen MR) is 222 cm³/mol. The van der Waals surface area contributed by atoms with E-state index < -0.39 is 0 Å². The van der Waals surface area contributed by atoms with E-state index in [-0.39, 0.29) is 5.41 Å². The quantitative estimate of drug-likeness (QED) is 0.171. The number of hydrogen-bond acceptors (Lipinski definition) is 1. The van der Waals surface area contributed by atoms with Crippen molar-refractivity contribution >= 4 is 27.8 Å². The molecule has 52 heavy (non-hydrogen) atoms. The molecular formula is C51H41N. The molecule has 0 fully saturated rings. The first kappa shape index (κ1) is 31.8. The Balaban J connectivity index is 1.16. The second-order valence-electron chi connectivity index (χ2n) is 14.7. The fourth-order valence-corrected chi connectivity index (χ4v) is 8.47. The van der Waals surface area contributed by atoms with Crippen molar-refractivity contribution in [2.45, 2.75) is 33.1 Å². The third kappa shape index (κ3) is 5.33. The fourth-order valence-electron chi connectivity index (χ4n) is 8.47. The van der Waals surface area contributed by atoms with E-state index in [1.54, 1.807) is 0 Å². The van der Waals surface area contributed by atoms with Gasteiger partial charge in [-0.05, 0) is 128 Å². The van der Waals surface area contributed by atoms with Crippen LogP contribution < -0.4 is 4.90 Å². The number of fused-ring (bicyclic) bond motifs is 4. The lowest BCUT2D eigenvalue weighted by Crippen LogP contribution is -2.17. The maximum Gasteiger partial charge on any atom is 0.0520 e. The zero-order chi connectivity index (χ0) is 35.4. The third-order valence-corrected chi connectivity index (χ3v) is 11.1. The first-order valence-electron chi connectivity index (χ1n) is 18.3. The van der Waals surface area contributed by atoms with Crippen LogP contribution in [0.3, 0.4) is 0 Å². The Morgan fingerprint density at radius 3 is 1.62 bits per heavy atom. The van der Waals surface area contributed by atoms with Gasteiger partial charge in [-0.1, -0.05) is 153 Å². The highest BCUT2D eigenvalue weighted by atomic mass is 15.1. The van der Waals surface area contributed by atoms with Crippen molar-refractivity contribution < 1.29 is 0 Å². The van der Waals surface area contributed by atoms with Crippen molar-refractivity contribution in [2.24, 2.45) is 0 Å². The van der Waals surface area contributed by atoms with Gasteiger partial charge in [0, 0.05) is 16.8 Å². The van der Waals surface area contributed by atoms with Crippen LogP contribution in [0.5, 0.6) is 0 Å². The molecule has 0 saturated carbocycles. The van der Waals surface area contributed by atoms with E-state index in [9.17, 15) is 0 Å². The molecule has 1 heteroatoms. The summed E-state index contributed by atoms with van der Waals surface area (Å²) in [5, 5.41) is 2.54. The van der Waals surface area contributed by atoms with Crippen LogP contribution in [0, 0.1) is 13.8 Å². The second kappa shape index (κ2) is 12.5. The van der Waals surface area contributed by atoms with Gasteiger partial charge in [0.2, 0.25) is 0 Å². The molecule has 0 aromatic heterocycles. The van der Waals surface area contributed by atoms with Crippen LogP contribution in [0.4, 0.5) is 17.1 Å². The number of benzene rings is 8. The minimum atomic E-state index is -0.0916. The van der Waals surface area contributed by atoms with Gasteiger partial charge in [-0.15, -0.1) is 0 Å². The number of anilines is 3. The van der Waals surface area contributed by atoms with E-state index in [4.69, 9.17) is 0 Å². The van der Waals surface area contributed by atoms with Gasteiger partial charge < -0.3 is 4.90 Å². The van der Waals surface area contributed by atoms with Crippen molar-refractivity contribution in [1.82, 2.24) is 0 Å². The Kier molecular flexibility index (Phi) is 7.67. The molecule has 1 aliphatic carbocycles. The largest absolute Gasteiger partial charge is 0.310 e. The Hall–Kier alpha value is -6.18. The molecule has 0 saturated heterocycles. The monoisotopic (exact) mass is 667 g/mol. The van der Waals surface area contributed by atoms with E-state index in [2.05, 4.69) is 209 Å². The SMILES string of the molecule is Cc1cc(-c2cccc3ccccc23)cc(C)c1N(c1ccc(-c2ccc(-c3ccccc3)cc2)cc1)c1ccc2c(c1)C(C)(C)c1ccccc1-2. The molecule has 1 nitrogen and oxygen atoms in total. The molecular weight excluding hydrogens is 627 g/mol. The zero-order valence-electron chi connectivity index (χ0n) is 30.2. The van der Waals surface area contributed by atoms with Gasteiger partial charge in [0.25, 0.3) is 0 Å². The van der Waals surface area contributed by atoms with Gasteiger partial charge in [0.15, 0.2) is 0 Å². The summed E-state index contributed by atoms with van der Waals surface area (Å²) in [7, 11) is 0. The van der Waals surface area contributed by atoms with Crippen molar-refractivity contribution in [3.8, 4) is 44.5 Å². The van der Waals surface area contributed by atoms with E-state index in [1.165, 1.54) is 88.9 Å². The highest BCUT2D eigenvalue weighted by Crippen LogP contribution is 2.51. The van der Waals surface area contributed by atoms with Crippen LogP contribution in [0.25, 0.3) is 55.3 Å². The normalized spacial score (nSPS) is 12.8. The average Bonchev–Trinajstić information content (AvgIpc) is 3.42. The molecule has 0 aliphatic heterocycles. The zero-order valence-corrected chi connectivity index (χ0v) is 30.2. The van der Waals surface area contributed by atoms with Gasteiger partial charge in [0.05, 0.1) is 5.69 Å². The van der Waals surface area contributed by atoms with Crippen molar-refractivity contribution in [3.05, 3.63) is 198 Å². The number of hydrogen-bond donors (Lipinski definition) is 0. The summed E-state index contributed by atoms with van der Waals surface area (Å²) >= 11 is 0. The van der Waals surface area contributed by atoms with Crippen LogP contribution in [-0.2, 0) is 5.41 Å². The summed E-state index contributed by atoms with van der Waals surface area (Å²) in [5.41, 5.74) is 18.7. The number of aryl methyl sites for hydroxylation is 2. The minimum absolute atomic E-state index is 0.0916. The second-order valence-corrected chi connectivity index (χ2v) is 14.7. The van der Waals surface area contributed by atoms with E-state index >= 15 is 0 Å². The summed E-state index contributed by atoms with van der Waals surface area (Å²) in [6.07, 6.45) is 0. The molecule has 0 radical (unpaired) electrons. The van der Waals surface area contributed by atoms with Crippen LogP contribution >= 0.6 is 0 Å². The smallest absolute Gasteiger partial charge is 0.0520 e. The van der Waals surface area contributed by atoms with Gasteiger partial charge >= 0.3 is 0 Å². The molecule has 0 amide bonds. The fraction of sp³-hybridized carbons (Fsp3) is 0.0980. The number of nitrogens with zero attached hydrogens (tertiary/aromatic N) is 1. The minimum Gasteiger partial charge on any atom is -0.310 e. The predicted octanol–water partition coefficient (Wildman–Crippen LogP) is 14.2. The molecule has 250 valence electrons. The lowest BCUT2D eigenvalue weighted by molar-refractivity contribution is 0.660. The molecule has 0 unspecified atom stereocenters. The standard InChI is InChI=1S/C51H41N/c1-34-31-41(45-19-12-16-40-15-8-9-17-44(40)45)32-35(2)50(34)52(43-29-30-47-46-18-10-11-20-48(46)51(3,4)49(47)33-43)42-27-25-39(26-28-42)38-23-21-37(22-24-38)36-13-6-5-7-14-36/h5-33H,1-4H3. The molecule has 0 spiro atoms. The molecule has 1 aliphatic rings. The van der Waals surface area contributed by atoms with E-state index in [0.717, 1.165) is 5.69 Å². The molecule has 8 aromatic carbocycles. The summed E-state index contributed by atoms with van der Waals surface area (Å²) in [6.45, 7) is 9.25. The topological polar surface area (TPSA) is 3.24 Å². The maximum absolute atomic E-state index is 2.47. The van der Waals surface area contributed by atoms with Crippen LogP contribution in [0.1, 0.15) is 36.1 Å². The maximum atomic E-state index is 2.47. The van der Waals surface area contributed by atoms with E-state index in [0.29, 0.717) is 0 Å². The molecule has 0 N–H and O–H groups in total. The van der Waals surface area contributed by atoms with Crippen molar-refractivity contribution in [3.63, 3.8) is 0 Å². The van der Waals surface area contributed by atoms with E-state index in [1.807, 2.05) is 0 Å². The average molecular weight is 668 g/mol. The Labute approximate surface area is 307 Å². The van der Waals surface area contributed by atoms with Crippen LogP contribution in [-0.4, -0.2) is 0 Å². The van der Waals surface area contributed by atoms with Gasteiger partial charge in [-0.2, -0.15) is 0 Å². The van der Waals surface area contributed by atoms with Crippen molar-refractivity contribution in [1.29, 1.82) is 0 Å². The summed E-state index contributed by atoms with van der Waals surface area (Å²) in [5.74, 6) is 0. The van der Waals surface area contributed by atoms with Crippen LogP contribution in [0.2, 0.25) is 0 Å². The Morgan fingerprint density at radius 1 is 0.385 bits per heavy atom. The highest BCUT2D eigenvalue weighted by molar-refractivity contribution is 5.98. The summed E-state index contributed by atoms with van der Waals surface area (Å²) < 4.78 is 0. The highest BCUT2D eigenvalue weighted by Gasteiger charge is 2.36. The van der Waals surface area contributed by atoms with Gasteiger partial charge in [0.1, 0.15) is 0 Å². The Morgan fingerprint density at radius 2 is 0.904 bits per heavy atom. The number of rotatable bonds is 6. The first-order chi connectivity index (χ1) is 25.4. The van der Waals surface area contributed by atoms with Gasteiger partial charge in [-0.3, -0.25) is 0 Å². The molecule has 0 bridgehead atoms. The summed E-state index contributed by atoms with van der Waals surface area (Å²) in [4.78, 5) is 2.47. The Bertz CT molecular complexity index is 2560. The van der Waals surface area contributed by atoms with Crippen molar-refractivity contribution in [2.75, 3.05) is 4.90 Å². The molecule has 0 heterocycles. The lowest BCUT2D eigenvalue weighted by Gasteiger charge is -2.31. The molecule has 8 aromatic rings. The lowest BCUT2D eigenvalue weighted by atomic mass is 9.82. The van der Waals surface area contributed by atoms with Crippen LogP contribution in [0.15, 0.2) is 176 Å². The van der Waals surface area contributed by atoms with Gasteiger partial charge in [-0.25, -0.2) is 0 Å². The summed E-state index contributed by atoms with van der Waals surface area (Å²) in [6, 6.07) is 64.6.